The Morgan fingerprint density at radius 2 is 2.23 bits per heavy atom. The van der Waals surface area contributed by atoms with Crippen LogP contribution in [0.1, 0.15) is 35.7 Å². The van der Waals surface area contributed by atoms with Crippen molar-refractivity contribution >= 4 is 11.8 Å². The van der Waals surface area contributed by atoms with Gasteiger partial charge < -0.3 is 14.5 Å². The van der Waals surface area contributed by atoms with E-state index < -0.39 is 0 Å². The van der Waals surface area contributed by atoms with Crippen LogP contribution in [-0.4, -0.2) is 55.0 Å². The molecule has 1 aromatic rings. The van der Waals surface area contributed by atoms with Crippen molar-refractivity contribution in [1.29, 1.82) is 0 Å². The molecule has 1 aromatic carbocycles. The van der Waals surface area contributed by atoms with E-state index in [1.807, 2.05) is 36.1 Å². The van der Waals surface area contributed by atoms with E-state index in [1.165, 1.54) is 0 Å². The summed E-state index contributed by atoms with van der Waals surface area (Å²) in [6.45, 7) is 3.86. The molecule has 22 heavy (non-hydrogen) atoms. The molecule has 2 rings (SSSR count). The maximum Gasteiger partial charge on any atom is 0.253 e. The molecule has 5 nitrogen and oxygen atoms in total. The lowest BCUT2D eigenvalue weighted by atomic mass is 10.1. The Morgan fingerprint density at radius 3 is 2.86 bits per heavy atom. The summed E-state index contributed by atoms with van der Waals surface area (Å²) in [6, 6.07) is 7.52. The lowest BCUT2D eigenvalue weighted by Crippen LogP contribution is -2.34. The van der Waals surface area contributed by atoms with Crippen LogP contribution in [-0.2, 0) is 16.1 Å². The molecule has 2 amide bonds. The molecule has 120 valence electrons. The van der Waals surface area contributed by atoms with Crippen molar-refractivity contribution in [2.24, 2.45) is 0 Å². The predicted molar refractivity (Wildman–Crippen MR) is 84.5 cm³/mol. The number of amides is 2. The highest BCUT2D eigenvalue weighted by Crippen LogP contribution is 2.16. The van der Waals surface area contributed by atoms with Gasteiger partial charge in [0.05, 0.1) is 6.10 Å². The highest BCUT2D eigenvalue weighted by atomic mass is 16.5. The van der Waals surface area contributed by atoms with Crippen molar-refractivity contribution in [2.75, 3.05) is 27.2 Å². The monoisotopic (exact) mass is 304 g/mol. The van der Waals surface area contributed by atoms with Gasteiger partial charge in [-0.05, 0) is 31.0 Å². The van der Waals surface area contributed by atoms with E-state index in [4.69, 9.17) is 4.74 Å². The van der Waals surface area contributed by atoms with Gasteiger partial charge in [0.1, 0.15) is 0 Å². The number of rotatable bonds is 6. The molecule has 0 spiro atoms. The Balaban J connectivity index is 2.04. The molecule has 0 aromatic heterocycles. The van der Waals surface area contributed by atoms with E-state index >= 15 is 0 Å². The van der Waals surface area contributed by atoms with Gasteiger partial charge in [0.15, 0.2) is 0 Å². The molecule has 5 heteroatoms. The number of hydrogen-bond acceptors (Lipinski definition) is 3. The number of nitrogens with zero attached hydrogens (tertiary/aromatic N) is 2. The molecule has 1 heterocycles. The van der Waals surface area contributed by atoms with Crippen LogP contribution in [0.25, 0.3) is 0 Å². The highest BCUT2D eigenvalue weighted by molar-refractivity contribution is 5.94. The summed E-state index contributed by atoms with van der Waals surface area (Å²) in [5, 5.41) is 0. The standard InChI is InChI=1S/C17H24N2O3/c1-13(22-3)11-18(2)17(21)15-7-4-6-14(10-15)12-19-9-5-8-16(19)20/h4,6-7,10,13H,5,8-9,11-12H2,1-3H3. The van der Waals surface area contributed by atoms with Crippen molar-refractivity contribution < 1.29 is 14.3 Å². The molecule has 0 saturated carbocycles. The van der Waals surface area contributed by atoms with Gasteiger partial charge in [-0.15, -0.1) is 0 Å². The fourth-order valence-corrected chi connectivity index (χ4v) is 2.66. The molecule has 1 fully saturated rings. The van der Waals surface area contributed by atoms with Gasteiger partial charge >= 0.3 is 0 Å². The number of carbonyl (C=O) groups excluding carboxylic acids is 2. The first-order valence-electron chi connectivity index (χ1n) is 7.66. The van der Waals surface area contributed by atoms with E-state index in [1.54, 1.807) is 19.1 Å². The lowest BCUT2D eigenvalue weighted by Gasteiger charge is -2.21. The third-order valence-corrected chi connectivity index (χ3v) is 4.00. The zero-order valence-corrected chi connectivity index (χ0v) is 13.5. The average molecular weight is 304 g/mol. The summed E-state index contributed by atoms with van der Waals surface area (Å²) in [5.41, 5.74) is 1.64. The molecular formula is C17H24N2O3. The van der Waals surface area contributed by atoms with Gasteiger partial charge in [0.2, 0.25) is 5.91 Å². The number of benzene rings is 1. The van der Waals surface area contributed by atoms with E-state index in [0.29, 0.717) is 25.1 Å². The highest BCUT2D eigenvalue weighted by Gasteiger charge is 2.20. The van der Waals surface area contributed by atoms with Gasteiger partial charge in [-0.2, -0.15) is 0 Å². The smallest absolute Gasteiger partial charge is 0.253 e. The van der Waals surface area contributed by atoms with E-state index in [2.05, 4.69) is 0 Å². The van der Waals surface area contributed by atoms with Crippen molar-refractivity contribution in [1.82, 2.24) is 9.80 Å². The first-order chi connectivity index (χ1) is 10.5. The summed E-state index contributed by atoms with van der Waals surface area (Å²) in [7, 11) is 3.41. The van der Waals surface area contributed by atoms with Crippen molar-refractivity contribution in [3.05, 3.63) is 35.4 Å². The summed E-state index contributed by atoms with van der Waals surface area (Å²) >= 11 is 0. The Hall–Kier alpha value is -1.88. The van der Waals surface area contributed by atoms with Crippen LogP contribution in [0.5, 0.6) is 0 Å². The van der Waals surface area contributed by atoms with Gasteiger partial charge in [-0.25, -0.2) is 0 Å². The zero-order valence-electron chi connectivity index (χ0n) is 13.5. The lowest BCUT2D eigenvalue weighted by molar-refractivity contribution is -0.128. The molecule has 1 saturated heterocycles. The van der Waals surface area contributed by atoms with Crippen LogP contribution in [0.15, 0.2) is 24.3 Å². The first kappa shape index (κ1) is 16.5. The second-order valence-corrected chi connectivity index (χ2v) is 5.85. The molecule has 0 N–H and O–H groups in total. The topological polar surface area (TPSA) is 49.9 Å². The Labute approximate surface area is 131 Å². The first-order valence-corrected chi connectivity index (χ1v) is 7.66. The molecule has 1 atom stereocenters. The van der Waals surface area contributed by atoms with E-state index in [0.717, 1.165) is 18.5 Å². The minimum absolute atomic E-state index is 0.000598. The maximum atomic E-state index is 12.4. The van der Waals surface area contributed by atoms with E-state index in [-0.39, 0.29) is 17.9 Å². The van der Waals surface area contributed by atoms with Gasteiger partial charge in [0.25, 0.3) is 5.91 Å². The predicted octanol–water partition coefficient (Wildman–Crippen LogP) is 1.92. The largest absolute Gasteiger partial charge is 0.380 e. The van der Waals surface area contributed by atoms with Crippen LogP contribution >= 0.6 is 0 Å². The Morgan fingerprint density at radius 1 is 1.45 bits per heavy atom. The molecule has 0 bridgehead atoms. The van der Waals surface area contributed by atoms with Gasteiger partial charge in [-0.1, -0.05) is 12.1 Å². The average Bonchev–Trinajstić information content (AvgIpc) is 2.91. The zero-order chi connectivity index (χ0) is 16.1. The number of methoxy groups -OCH3 is 1. The minimum Gasteiger partial charge on any atom is -0.380 e. The summed E-state index contributed by atoms with van der Waals surface area (Å²) in [4.78, 5) is 27.6. The van der Waals surface area contributed by atoms with E-state index in [9.17, 15) is 9.59 Å². The number of likely N-dealkylation sites (tertiary alicyclic amines) is 1. The second-order valence-electron chi connectivity index (χ2n) is 5.85. The van der Waals surface area contributed by atoms with Gasteiger partial charge in [0, 0.05) is 45.8 Å². The summed E-state index contributed by atoms with van der Waals surface area (Å²) in [6.07, 6.45) is 1.56. The SMILES string of the molecule is COC(C)CN(C)C(=O)c1cccc(CN2CCCC2=O)c1. The number of hydrogen-bond donors (Lipinski definition) is 0. The van der Waals surface area contributed by atoms with Crippen molar-refractivity contribution in [3.8, 4) is 0 Å². The summed E-state index contributed by atoms with van der Waals surface area (Å²) < 4.78 is 5.19. The number of carbonyl (C=O) groups is 2. The fraction of sp³-hybridized carbons (Fsp3) is 0.529. The van der Waals surface area contributed by atoms with Crippen LogP contribution in [0.2, 0.25) is 0 Å². The molecule has 0 aliphatic carbocycles. The van der Waals surface area contributed by atoms with Crippen LogP contribution < -0.4 is 0 Å². The third-order valence-electron chi connectivity index (χ3n) is 4.00. The molecule has 1 aliphatic heterocycles. The minimum atomic E-state index is -0.0292. The van der Waals surface area contributed by atoms with Crippen molar-refractivity contribution in [2.45, 2.75) is 32.4 Å². The number of ether oxygens (including phenoxy) is 1. The van der Waals surface area contributed by atoms with Gasteiger partial charge in [-0.3, -0.25) is 9.59 Å². The fourth-order valence-electron chi connectivity index (χ4n) is 2.66. The molecule has 0 radical (unpaired) electrons. The van der Waals surface area contributed by atoms with Crippen LogP contribution in [0, 0.1) is 0 Å². The quantitative estimate of drug-likeness (QED) is 0.807. The molecule has 1 unspecified atom stereocenters. The van der Waals surface area contributed by atoms with Crippen LogP contribution in [0.4, 0.5) is 0 Å². The summed E-state index contributed by atoms with van der Waals surface area (Å²) in [5.74, 6) is 0.168. The number of likely N-dealkylation sites (N-methyl/N-ethyl adjacent to an activating group) is 1. The normalized spacial score (nSPS) is 16.0. The Kier molecular flexibility index (Phi) is 5.55. The maximum absolute atomic E-state index is 12.4. The second kappa shape index (κ2) is 7.40. The van der Waals surface area contributed by atoms with Crippen LogP contribution in [0.3, 0.4) is 0 Å². The Bertz CT molecular complexity index is 544. The van der Waals surface area contributed by atoms with Crippen molar-refractivity contribution in [3.63, 3.8) is 0 Å². The third kappa shape index (κ3) is 4.07. The molecular weight excluding hydrogens is 280 g/mol. The molecule has 1 aliphatic rings.